The molecule has 1 fully saturated rings. The molecule has 2 heteroatoms. The first-order valence-corrected chi connectivity index (χ1v) is 9.00. The lowest BCUT2D eigenvalue weighted by Gasteiger charge is -2.31. The Hall–Kier alpha value is -2.28. The lowest BCUT2D eigenvalue weighted by atomic mass is 9.82. The smallest absolute Gasteiger partial charge is 0.0878 e. The lowest BCUT2D eigenvalue weighted by molar-refractivity contribution is 0.0640. The number of benzene rings is 2. The molecule has 0 saturated carbocycles. The molecular formula is C23H27NO. The Labute approximate surface area is 151 Å². The van der Waals surface area contributed by atoms with Crippen LogP contribution < -0.4 is 0 Å². The van der Waals surface area contributed by atoms with Crippen LogP contribution in [0.25, 0.3) is 11.3 Å². The second-order valence-electron chi connectivity index (χ2n) is 7.43. The van der Waals surface area contributed by atoms with Crippen molar-refractivity contribution in [1.29, 1.82) is 0 Å². The Kier molecular flexibility index (Phi) is 5.43. The van der Waals surface area contributed by atoms with Gasteiger partial charge in [-0.3, -0.25) is 0 Å². The fraction of sp³-hybridized carbons (Fsp3) is 0.348. The summed E-state index contributed by atoms with van der Waals surface area (Å²) in [4.78, 5) is 2.40. The van der Waals surface area contributed by atoms with Crippen molar-refractivity contribution >= 4 is 11.3 Å². The highest BCUT2D eigenvalue weighted by molar-refractivity contribution is 5.76. The van der Waals surface area contributed by atoms with Gasteiger partial charge in [0.15, 0.2) is 0 Å². The van der Waals surface area contributed by atoms with Crippen LogP contribution in [0.15, 0.2) is 66.4 Å². The van der Waals surface area contributed by atoms with E-state index in [9.17, 15) is 0 Å². The quantitative estimate of drug-likeness (QED) is 0.726. The van der Waals surface area contributed by atoms with Gasteiger partial charge < -0.3 is 9.64 Å². The first-order chi connectivity index (χ1) is 12.1. The first-order valence-electron chi connectivity index (χ1n) is 9.00. The van der Waals surface area contributed by atoms with E-state index in [1.807, 2.05) is 0 Å². The van der Waals surface area contributed by atoms with E-state index in [0.717, 1.165) is 32.0 Å². The fourth-order valence-corrected chi connectivity index (χ4v) is 3.13. The third-order valence-electron chi connectivity index (χ3n) is 4.43. The molecule has 1 aliphatic rings. The summed E-state index contributed by atoms with van der Waals surface area (Å²) < 4.78 is 5.55. The van der Waals surface area contributed by atoms with E-state index in [1.165, 1.54) is 16.7 Å². The highest BCUT2D eigenvalue weighted by Crippen LogP contribution is 2.34. The molecule has 0 aromatic heterocycles. The Balaban J connectivity index is 2.21. The number of ether oxygens (including phenoxy) is 1. The molecule has 1 saturated heterocycles. The molecule has 0 atom stereocenters. The third-order valence-corrected chi connectivity index (χ3v) is 4.43. The minimum Gasteiger partial charge on any atom is -0.378 e. The van der Waals surface area contributed by atoms with Crippen molar-refractivity contribution in [2.75, 3.05) is 26.3 Å². The summed E-state index contributed by atoms with van der Waals surface area (Å²) in [7, 11) is 0. The highest BCUT2D eigenvalue weighted by atomic mass is 16.5. The third kappa shape index (κ3) is 4.42. The molecule has 1 heterocycles. The van der Waals surface area contributed by atoms with Crippen LogP contribution in [-0.4, -0.2) is 31.2 Å². The van der Waals surface area contributed by atoms with E-state index < -0.39 is 0 Å². The van der Waals surface area contributed by atoms with Gasteiger partial charge in [0.05, 0.1) is 18.9 Å². The molecule has 2 aromatic rings. The van der Waals surface area contributed by atoms with Gasteiger partial charge in [0.25, 0.3) is 0 Å². The Bertz CT molecular complexity index is 744. The molecule has 2 aromatic carbocycles. The summed E-state index contributed by atoms with van der Waals surface area (Å²) in [6.45, 7) is 10.1. The van der Waals surface area contributed by atoms with Crippen molar-refractivity contribution in [3.8, 4) is 0 Å². The molecule has 0 bridgehead atoms. The van der Waals surface area contributed by atoms with Gasteiger partial charge in [0.1, 0.15) is 0 Å². The number of rotatable bonds is 3. The molecule has 130 valence electrons. The molecular weight excluding hydrogens is 306 g/mol. The molecule has 0 spiro atoms. The van der Waals surface area contributed by atoms with Crippen LogP contribution in [0.2, 0.25) is 0 Å². The zero-order valence-corrected chi connectivity index (χ0v) is 15.5. The molecule has 2 nitrogen and oxygen atoms in total. The van der Waals surface area contributed by atoms with E-state index in [-0.39, 0.29) is 5.41 Å². The second-order valence-corrected chi connectivity index (χ2v) is 7.43. The van der Waals surface area contributed by atoms with Crippen LogP contribution in [0.5, 0.6) is 0 Å². The van der Waals surface area contributed by atoms with E-state index in [2.05, 4.69) is 92.1 Å². The summed E-state index contributed by atoms with van der Waals surface area (Å²) in [5.74, 6) is 0. The Morgan fingerprint density at radius 3 is 1.88 bits per heavy atom. The summed E-state index contributed by atoms with van der Waals surface area (Å²) in [6.07, 6.45) is 0. The predicted molar refractivity (Wildman–Crippen MR) is 105 cm³/mol. The predicted octanol–water partition coefficient (Wildman–Crippen LogP) is 5.09. The van der Waals surface area contributed by atoms with E-state index in [4.69, 9.17) is 4.74 Å². The minimum absolute atomic E-state index is 0.00761. The summed E-state index contributed by atoms with van der Waals surface area (Å²) >= 11 is 0. The number of nitrogens with zero attached hydrogens (tertiary/aromatic N) is 1. The van der Waals surface area contributed by atoms with Gasteiger partial charge in [0, 0.05) is 24.2 Å². The molecule has 3 rings (SSSR count). The standard InChI is InChI=1S/C23H27NO/c1-23(2,3)21(19-10-6-4-7-11-19)18-22(20-12-8-5-9-13-20)24-14-16-25-17-15-24/h4-13H,14-17H2,1-3H3. The topological polar surface area (TPSA) is 12.5 Å². The molecule has 25 heavy (non-hydrogen) atoms. The van der Waals surface area contributed by atoms with E-state index in [0.29, 0.717) is 0 Å². The zero-order chi connectivity index (χ0) is 17.7. The zero-order valence-electron chi connectivity index (χ0n) is 15.5. The van der Waals surface area contributed by atoms with Gasteiger partial charge in [-0.2, -0.15) is 0 Å². The van der Waals surface area contributed by atoms with E-state index >= 15 is 0 Å². The molecule has 0 N–H and O–H groups in total. The van der Waals surface area contributed by atoms with Crippen molar-refractivity contribution in [3.05, 3.63) is 77.5 Å². The van der Waals surface area contributed by atoms with Crippen molar-refractivity contribution in [2.45, 2.75) is 20.8 Å². The first kappa shape index (κ1) is 17.5. The van der Waals surface area contributed by atoms with Crippen LogP contribution in [-0.2, 0) is 4.74 Å². The van der Waals surface area contributed by atoms with Gasteiger partial charge in [-0.15, -0.1) is 0 Å². The van der Waals surface area contributed by atoms with Crippen molar-refractivity contribution in [1.82, 2.24) is 4.90 Å². The van der Waals surface area contributed by atoms with Crippen LogP contribution in [0.4, 0.5) is 0 Å². The summed E-state index contributed by atoms with van der Waals surface area (Å²) in [6, 6.07) is 21.2. The van der Waals surface area contributed by atoms with Gasteiger partial charge >= 0.3 is 0 Å². The molecule has 0 unspecified atom stereocenters. The molecule has 0 radical (unpaired) electrons. The van der Waals surface area contributed by atoms with Crippen LogP contribution >= 0.6 is 0 Å². The second kappa shape index (κ2) is 7.74. The molecule has 1 aliphatic heterocycles. The van der Waals surface area contributed by atoms with Gasteiger partial charge in [-0.05, 0) is 11.0 Å². The molecule has 0 aliphatic carbocycles. The van der Waals surface area contributed by atoms with Gasteiger partial charge in [-0.1, -0.05) is 87.2 Å². The summed E-state index contributed by atoms with van der Waals surface area (Å²) in [5.41, 5.74) is 8.65. The average Bonchev–Trinajstić information content (AvgIpc) is 2.63. The highest BCUT2D eigenvalue weighted by Gasteiger charge is 2.21. The maximum Gasteiger partial charge on any atom is 0.0878 e. The number of hydrogen-bond donors (Lipinski definition) is 0. The SMILES string of the molecule is CC(C)(C)C(=C=C(c1ccccc1)N1CCOCC1)c1ccccc1. The minimum atomic E-state index is 0.00761. The van der Waals surface area contributed by atoms with Gasteiger partial charge in [0.2, 0.25) is 0 Å². The van der Waals surface area contributed by atoms with Crippen LogP contribution in [0, 0.1) is 5.41 Å². The number of allylic oxidation sites excluding steroid dienone is 1. The summed E-state index contributed by atoms with van der Waals surface area (Å²) in [5, 5.41) is 0. The maximum atomic E-state index is 5.55. The Morgan fingerprint density at radius 1 is 0.840 bits per heavy atom. The van der Waals surface area contributed by atoms with Crippen LogP contribution in [0.1, 0.15) is 31.9 Å². The van der Waals surface area contributed by atoms with Crippen molar-refractivity contribution < 1.29 is 4.74 Å². The molecule has 0 amide bonds. The van der Waals surface area contributed by atoms with E-state index in [1.54, 1.807) is 0 Å². The Morgan fingerprint density at radius 2 is 1.36 bits per heavy atom. The number of hydrogen-bond acceptors (Lipinski definition) is 2. The van der Waals surface area contributed by atoms with Crippen molar-refractivity contribution in [2.24, 2.45) is 5.41 Å². The van der Waals surface area contributed by atoms with Crippen molar-refractivity contribution in [3.63, 3.8) is 0 Å². The van der Waals surface area contributed by atoms with Gasteiger partial charge in [-0.25, -0.2) is 0 Å². The number of morpholine rings is 1. The normalized spacial score (nSPS) is 14.8. The maximum absolute atomic E-state index is 5.55. The average molecular weight is 333 g/mol. The largest absolute Gasteiger partial charge is 0.378 e. The monoisotopic (exact) mass is 333 g/mol. The van der Waals surface area contributed by atoms with Crippen LogP contribution in [0.3, 0.4) is 0 Å². The lowest BCUT2D eigenvalue weighted by Crippen LogP contribution is -2.34. The fourth-order valence-electron chi connectivity index (χ4n) is 3.13.